The maximum Gasteiger partial charge on any atom is 0.311 e. The molecule has 2 bridgehead atoms. The molecule has 4 aliphatic rings. The van der Waals surface area contributed by atoms with Crippen LogP contribution in [0, 0.1) is 23.7 Å². The summed E-state index contributed by atoms with van der Waals surface area (Å²) in [5.74, 6) is -5.33. The largest absolute Gasteiger partial charge is 0.459 e. The molecule has 350 valence electrons. The number of hydrogen-bond acceptors (Lipinski definition) is 16. The van der Waals surface area contributed by atoms with Gasteiger partial charge in [-0.3, -0.25) is 19.2 Å². The lowest BCUT2D eigenvalue weighted by molar-refractivity contribution is -0.320. The highest BCUT2D eigenvalue weighted by molar-refractivity contribution is 5.98. The van der Waals surface area contributed by atoms with Crippen molar-refractivity contribution in [2.24, 2.45) is 28.7 Å². The summed E-state index contributed by atoms with van der Waals surface area (Å²) in [7, 11) is 5.24. The highest BCUT2D eigenvalue weighted by Gasteiger charge is 2.55. The van der Waals surface area contributed by atoms with Crippen molar-refractivity contribution >= 4 is 29.3 Å². The van der Waals surface area contributed by atoms with E-state index in [2.05, 4.69) is 4.99 Å². The molecule has 0 aromatic heterocycles. The van der Waals surface area contributed by atoms with E-state index in [4.69, 9.17) is 42.6 Å². The Hall–Kier alpha value is -2.45. The minimum atomic E-state index is -1.89. The standard InChI is InChI=1S/C44H74N2O15/c1-16-32-44(12,52)38-24(4)34(45-28(8)47)22(2)18-43(11,55-21-30(49)20-54-38)37(61-41-35(50)31(46(13)14)17-23(3)56-41)25(5)36(26(6)40(51)59-32)60-33-19-42(10,53-15)39(27(7)57-33)58-29(9)48/h22-27,31-33,35-39,41,50,52H,16-21H2,1-15H3/t22-,23-,24+,25+,26-,27+,31+,32-,33+,35-,36+,37-,38-,39+,41+,42-,43-,44-/m1/s1. The van der Waals surface area contributed by atoms with Gasteiger partial charge in [0.25, 0.3) is 0 Å². The van der Waals surface area contributed by atoms with Crippen molar-refractivity contribution in [2.45, 2.75) is 193 Å². The number of cyclic esters (lactones) is 1. The second-order valence-electron chi connectivity index (χ2n) is 18.8. The maximum atomic E-state index is 14.6. The summed E-state index contributed by atoms with van der Waals surface area (Å²) in [5, 5.41) is 24.3. The first-order valence-corrected chi connectivity index (χ1v) is 21.8. The summed E-state index contributed by atoms with van der Waals surface area (Å²) in [5.41, 5.74) is -4.01. The van der Waals surface area contributed by atoms with Gasteiger partial charge in [0.15, 0.2) is 24.5 Å². The number of amides is 1. The molecule has 61 heavy (non-hydrogen) atoms. The molecule has 1 amide bonds. The summed E-state index contributed by atoms with van der Waals surface area (Å²) in [6, 6.07) is -0.345. The van der Waals surface area contributed by atoms with Crippen LogP contribution in [0.3, 0.4) is 0 Å². The number of ketones is 1. The maximum absolute atomic E-state index is 14.6. The van der Waals surface area contributed by atoms with Crippen LogP contribution in [0.4, 0.5) is 0 Å². The Bertz CT molecular complexity index is 1570. The van der Waals surface area contributed by atoms with Gasteiger partial charge in [0.2, 0.25) is 5.91 Å². The SMILES string of the molecule is CC[C@H]1OC(=O)[C@H](C)[C@@H](O[C@H]2C[C@@](C)(OC)[C@@H](OC(C)=O)[C@H](C)O2)[C@H](C)[C@@H](O[C@@H]2O[C@H](C)C[C@H](N(C)C)[C@H]2O)[C@@]2(C)C[C@@H](C)C(=NC(C)=O)[C@H](C)[C@@H](OCC(=O)CO2)[C@]1(C)O. The molecule has 17 heteroatoms. The lowest BCUT2D eigenvalue weighted by Gasteiger charge is -2.50. The molecule has 0 spiro atoms. The van der Waals surface area contributed by atoms with Crippen LogP contribution in [-0.2, 0) is 61.8 Å². The van der Waals surface area contributed by atoms with Crippen molar-refractivity contribution in [2.75, 3.05) is 34.4 Å². The summed E-state index contributed by atoms with van der Waals surface area (Å²) in [6.07, 6.45) is -8.78. The summed E-state index contributed by atoms with van der Waals surface area (Å²) >= 11 is 0. The highest BCUT2D eigenvalue weighted by Crippen LogP contribution is 2.43. The van der Waals surface area contributed by atoms with Gasteiger partial charge in [-0.1, -0.05) is 27.7 Å². The first-order valence-electron chi connectivity index (χ1n) is 21.8. The fourth-order valence-electron chi connectivity index (χ4n) is 10.1. The molecule has 0 unspecified atom stereocenters. The third-order valence-electron chi connectivity index (χ3n) is 13.3. The van der Waals surface area contributed by atoms with Crippen LogP contribution in [0.1, 0.15) is 109 Å². The van der Waals surface area contributed by atoms with E-state index in [1.54, 1.807) is 41.5 Å². The molecule has 2 N–H and O–H groups in total. The van der Waals surface area contributed by atoms with Gasteiger partial charge in [0.05, 0.1) is 42.0 Å². The molecule has 0 aromatic rings. The Morgan fingerprint density at radius 2 is 1.59 bits per heavy atom. The van der Waals surface area contributed by atoms with Crippen molar-refractivity contribution in [3.05, 3.63) is 0 Å². The number of fused-ring (bicyclic) bond motifs is 5. The monoisotopic (exact) mass is 871 g/mol. The van der Waals surface area contributed by atoms with Crippen molar-refractivity contribution in [1.29, 1.82) is 0 Å². The van der Waals surface area contributed by atoms with Crippen molar-refractivity contribution in [3.8, 4) is 0 Å². The number of nitrogens with zero attached hydrogens (tertiary/aromatic N) is 2. The van der Waals surface area contributed by atoms with Gasteiger partial charge >= 0.3 is 11.9 Å². The number of carbonyl (C=O) groups is 4. The molecule has 4 fully saturated rings. The van der Waals surface area contributed by atoms with Gasteiger partial charge in [0, 0.05) is 51.0 Å². The quantitative estimate of drug-likeness (QED) is 0.335. The molecular weight excluding hydrogens is 796 g/mol. The van der Waals surface area contributed by atoms with E-state index in [-0.39, 0.29) is 31.4 Å². The number of esters is 2. The summed E-state index contributed by atoms with van der Waals surface area (Å²) in [4.78, 5) is 59.8. The van der Waals surface area contributed by atoms with E-state index in [1.807, 2.05) is 39.8 Å². The zero-order valence-corrected chi connectivity index (χ0v) is 39.0. The molecule has 17 nitrogen and oxygen atoms in total. The number of rotatable bonds is 8. The highest BCUT2D eigenvalue weighted by atomic mass is 16.7. The third kappa shape index (κ3) is 11.6. The van der Waals surface area contributed by atoms with E-state index < -0.39 is 133 Å². The van der Waals surface area contributed by atoms with Crippen LogP contribution in [-0.4, -0.2) is 163 Å². The Morgan fingerprint density at radius 1 is 0.934 bits per heavy atom. The van der Waals surface area contributed by atoms with Gasteiger partial charge in [-0.2, -0.15) is 0 Å². The lowest BCUT2D eigenvalue weighted by atomic mass is 9.73. The molecule has 0 saturated carbocycles. The second kappa shape index (κ2) is 20.6. The number of likely N-dealkylation sites (N-methyl/N-ethyl adjacent to an activating group) is 1. The molecular formula is C44H74N2O15. The van der Waals surface area contributed by atoms with Gasteiger partial charge in [-0.15, -0.1) is 0 Å². The predicted molar refractivity (Wildman–Crippen MR) is 221 cm³/mol. The smallest absolute Gasteiger partial charge is 0.311 e. The van der Waals surface area contributed by atoms with Gasteiger partial charge in [0.1, 0.15) is 36.6 Å². The van der Waals surface area contributed by atoms with E-state index in [0.717, 1.165) is 0 Å². The molecule has 4 saturated heterocycles. The molecule has 4 heterocycles. The normalized spacial score (nSPS) is 45.3. The second-order valence-corrected chi connectivity index (χ2v) is 18.8. The zero-order valence-electron chi connectivity index (χ0n) is 39.0. The zero-order chi connectivity index (χ0) is 45.9. The average Bonchev–Trinajstić information content (AvgIpc) is 3.18. The van der Waals surface area contributed by atoms with E-state index in [1.165, 1.54) is 27.9 Å². The number of hydrogen-bond donors (Lipinski definition) is 2. The molecule has 4 rings (SSSR count). The average molecular weight is 871 g/mol. The van der Waals surface area contributed by atoms with Gasteiger partial charge in [-0.25, -0.2) is 4.99 Å². The molecule has 0 aliphatic carbocycles. The van der Waals surface area contributed by atoms with Gasteiger partial charge < -0.3 is 57.7 Å². The van der Waals surface area contributed by atoms with Crippen LogP contribution in [0.25, 0.3) is 0 Å². The molecule has 0 aromatic carbocycles. The van der Waals surface area contributed by atoms with Crippen molar-refractivity contribution in [3.63, 3.8) is 0 Å². The Morgan fingerprint density at radius 3 is 2.16 bits per heavy atom. The number of aliphatic hydroxyl groups is 2. The number of carbonyl (C=O) groups excluding carboxylic acids is 4. The number of aliphatic hydroxyl groups excluding tert-OH is 1. The van der Waals surface area contributed by atoms with Crippen LogP contribution in [0.15, 0.2) is 4.99 Å². The predicted octanol–water partition coefficient (Wildman–Crippen LogP) is 3.41. The Kier molecular flexibility index (Phi) is 17.3. The topological polar surface area (TPSA) is 207 Å². The van der Waals surface area contributed by atoms with Crippen LogP contribution >= 0.6 is 0 Å². The Labute approximate surface area is 361 Å². The summed E-state index contributed by atoms with van der Waals surface area (Å²) in [6.45, 7) is 19.3. The molecule has 4 aliphatic heterocycles. The minimum absolute atomic E-state index is 0.0855. The first kappa shape index (κ1) is 51.2. The van der Waals surface area contributed by atoms with Crippen LogP contribution in [0.5, 0.6) is 0 Å². The minimum Gasteiger partial charge on any atom is -0.459 e. The number of aliphatic imine (C=N–C) groups is 1. The number of ether oxygens (including phenoxy) is 9. The number of Topliss-reactive ketones (excluding diaryl/α,β-unsaturated/α-hetero) is 1. The first-order chi connectivity index (χ1) is 28.3. The van der Waals surface area contributed by atoms with Crippen molar-refractivity contribution in [1.82, 2.24) is 4.90 Å². The van der Waals surface area contributed by atoms with Crippen molar-refractivity contribution < 1.29 is 72.0 Å². The Balaban J connectivity index is 1.99. The van der Waals surface area contributed by atoms with E-state index in [9.17, 15) is 29.4 Å². The van der Waals surface area contributed by atoms with E-state index >= 15 is 0 Å². The summed E-state index contributed by atoms with van der Waals surface area (Å²) < 4.78 is 57.4. The lowest BCUT2D eigenvalue weighted by Crippen LogP contribution is -2.62. The molecule has 18 atom stereocenters. The van der Waals surface area contributed by atoms with Gasteiger partial charge in [-0.05, 0) is 80.8 Å². The number of methoxy groups -OCH3 is 1. The fraction of sp³-hybridized carbons (Fsp3) is 0.886. The van der Waals surface area contributed by atoms with E-state index in [0.29, 0.717) is 12.1 Å². The third-order valence-corrected chi connectivity index (χ3v) is 13.3. The van der Waals surface area contributed by atoms with Crippen LogP contribution < -0.4 is 0 Å². The van der Waals surface area contributed by atoms with Crippen LogP contribution in [0.2, 0.25) is 0 Å². The molecule has 0 radical (unpaired) electrons. The fourth-order valence-corrected chi connectivity index (χ4v) is 10.1.